The molecule has 2 bridgehead atoms. The number of aromatic nitrogens is 2. The molecule has 0 unspecified atom stereocenters. The highest BCUT2D eigenvalue weighted by Crippen LogP contribution is 2.61. The van der Waals surface area contributed by atoms with Crippen LogP contribution in [-0.4, -0.2) is 15.8 Å². The SMILES string of the molecule is CCC(CC)Cn1ncc(N[C@@H]2C[C@@H]3C[C@H]([C@H]2C)C3(C)C)c(Br)c1=O. The topological polar surface area (TPSA) is 46.9 Å². The fraction of sp³-hybridized carbons (Fsp3) is 0.800. The van der Waals surface area contributed by atoms with Gasteiger partial charge in [-0.3, -0.25) is 4.79 Å². The lowest BCUT2D eigenvalue weighted by molar-refractivity contribution is -0.105. The van der Waals surface area contributed by atoms with Gasteiger partial charge in [-0.05, 0) is 57.9 Å². The van der Waals surface area contributed by atoms with Crippen LogP contribution in [0.5, 0.6) is 0 Å². The van der Waals surface area contributed by atoms with Crippen LogP contribution in [0.25, 0.3) is 0 Å². The second kappa shape index (κ2) is 7.05. The van der Waals surface area contributed by atoms with E-state index < -0.39 is 0 Å². The van der Waals surface area contributed by atoms with Crippen LogP contribution >= 0.6 is 15.9 Å². The molecule has 4 rings (SSSR count). The molecule has 140 valence electrons. The van der Waals surface area contributed by atoms with Crippen molar-refractivity contribution in [3.05, 3.63) is 21.0 Å². The normalized spacial score (nSPS) is 30.2. The molecule has 1 aromatic heterocycles. The smallest absolute Gasteiger partial charge is 0.283 e. The fourth-order valence-electron chi connectivity index (χ4n) is 5.03. The highest BCUT2D eigenvalue weighted by molar-refractivity contribution is 9.10. The van der Waals surface area contributed by atoms with Gasteiger partial charge in [-0.2, -0.15) is 5.10 Å². The van der Waals surface area contributed by atoms with E-state index >= 15 is 0 Å². The van der Waals surface area contributed by atoms with Crippen molar-refractivity contribution in [2.24, 2.45) is 29.1 Å². The predicted octanol–water partition coefficient (Wildman–Crippen LogP) is 4.92. The zero-order chi connectivity index (χ0) is 18.4. The number of nitrogens with one attached hydrogen (secondary N) is 1. The molecule has 3 aliphatic rings. The molecule has 25 heavy (non-hydrogen) atoms. The van der Waals surface area contributed by atoms with Crippen LogP contribution in [0.3, 0.4) is 0 Å². The third-order valence-corrected chi connectivity index (χ3v) is 8.03. The summed E-state index contributed by atoms with van der Waals surface area (Å²) in [4.78, 5) is 12.7. The largest absolute Gasteiger partial charge is 0.380 e. The maximum atomic E-state index is 12.7. The summed E-state index contributed by atoms with van der Waals surface area (Å²) in [5, 5.41) is 8.06. The number of hydrogen-bond donors (Lipinski definition) is 1. The number of halogens is 1. The van der Waals surface area contributed by atoms with E-state index in [-0.39, 0.29) is 5.56 Å². The number of hydrogen-bond acceptors (Lipinski definition) is 3. The monoisotopic (exact) mass is 409 g/mol. The Morgan fingerprint density at radius 2 is 2.04 bits per heavy atom. The zero-order valence-corrected chi connectivity index (χ0v) is 17.8. The molecule has 0 saturated heterocycles. The van der Waals surface area contributed by atoms with Gasteiger partial charge in [0.25, 0.3) is 5.56 Å². The van der Waals surface area contributed by atoms with Gasteiger partial charge in [0, 0.05) is 12.6 Å². The molecule has 3 saturated carbocycles. The lowest BCUT2D eigenvalue weighted by atomic mass is 9.45. The third-order valence-electron chi connectivity index (χ3n) is 7.27. The Bertz CT molecular complexity index is 680. The van der Waals surface area contributed by atoms with Crippen molar-refractivity contribution in [2.75, 3.05) is 5.32 Å². The molecule has 4 nitrogen and oxygen atoms in total. The summed E-state index contributed by atoms with van der Waals surface area (Å²) in [6, 6.07) is 0.434. The Labute approximate surface area is 159 Å². The standard InChI is InChI=1S/C20H32BrN3O/c1-6-13(7-2)11-24-19(25)18(21)17(10-22-24)23-16-9-14-8-15(12(16)3)20(14,4)5/h10,12-16,23H,6-9,11H2,1-5H3/t12-,14+,15-,16-/m1/s1. The third kappa shape index (κ3) is 3.29. The van der Waals surface area contributed by atoms with Crippen LogP contribution in [-0.2, 0) is 6.54 Å². The van der Waals surface area contributed by atoms with Crippen molar-refractivity contribution in [3.8, 4) is 0 Å². The molecule has 0 aliphatic heterocycles. The van der Waals surface area contributed by atoms with Crippen molar-refractivity contribution >= 4 is 21.6 Å². The highest BCUT2D eigenvalue weighted by atomic mass is 79.9. The van der Waals surface area contributed by atoms with Crippen LogP contribution in [0.15, 0.2) is 15.5 Å². The van der Waals surface area contributed by atoms with E-state index in [4.69, 9.17) is 0 Å². The maximum Gasteiger partial charge on any atom is 0.283 e. The molecule has 4 atom stereocenters. The molecule has 0 amide bonds. The summed E-state index contributed by atoms with van der Waals surface area (Å²) in [6.45, 7) is 12.2. The Morgan fingerprint density at radius 3 is 2.60 bits per heavy atom. The zero-order valence-electron chi connectivity index (χ0n) is 16.2. The van der Waals surface area contributed by atoms with E-state index in [0.717, 1.165) is 30.4 Å². The molecule has 3 fully saturated rings. The average Bonchev–Trinajstić information content (AvgIpc) is 2.59. The van der Waals surface area contributed by atoms with E-state index in [1.54, 1.807) is 4.68 Å². The quantitative estimate of drug-likeness (QED) is 0.724. The molecule has 3 aliphatic carbocycles. The first-order valence-electron chi connectivity index (χ1n) is 9.81. The summed E-state index contributed by atoms with van der Waals surface area (Å²) in [5.74, 6) is 2.71. The summed E-state index contributed by atoms with van der Waals surface area (Å²) >= 11 is 3.52. The molecule has 1 aromatic rings. The van der Waals surface area contributed by atoms with Crippen molar-refractivity contribution in [1.29, 1.82) is 0 Å². The van der Waals surface area contributed by atoms with Crippen molar-refractivity contribution < 1.29 is 0 Å². The average molecular weight is 410 g/mol. The lowest BCUT2D eigenvalue weighted by Crippen LogP contribution is -2.58. The minimum absolute atomic E-state index is 0.0224. The molecule has 5 heteroatoms. The maximum absolute atomic E-state index is 12.7. The second-order valence-corrected chi connectivity index (χ2v) is 9.54. The van der Waals surface area contributed by atoms with Crippen LogP contribution in [0, 0.1) is 29.1 Å². The first-order valence-corrected chi connectivity index (χ1v) is 10.6. The van der Waals surface area contributed by atoms with Crippen molar-refractivity contribution in [1.82, 2.24) is 9.78 Å². The number of fused-ring (bicyclic) bond motifs is 2. The second-order valence-electron chi connectivity index (χ2n) is 8.75. The minimum atomic E-state index is -0.0224. The van der Waals surface area contributed by atoms with Gasteiger partial charge < -0.3 is 5.32 Å². The van der Waals surface area contributed by atoms with Gasteiger partial charge in [-0.25, -0.2) is 4.68 Å². The van der Waals surface area contributed by atoms with E-state index in [2.05, 4.69) is 61.0 Å². The predicted molar refractivity (Wildman–Crippen MR) is 107 cm³/mol. The number of rotatable bonds is 6. The first-order chi connectivity index (χ1) is 11.8. The Kier molecular flexibility index (Phi) is 5.34. The van der Waals surface area contributed by atoms with Crippen LogP contribution in [0.2, 0.25) is 0 Å². The van der Waals surface area contributed by atoms with Crippen LogP contribution in [0.1, 0.15) is 60.3 Å². The number of anilines is 1. The summed E-state index contributed by atoms with van der Waals surface area (Å²) in [7, 11) is 0. The van der Waals surface area contributed by atoms with E-state index in [1.807, 2.05) is 6.20 Å². The summed E-state index contributed by atoms with van der Waals surface area (Å²) < 4.78 is 2.23. The Morgan fingerprint density at radius 1 is 1.36 bits per heavy atom. The molecule has 0 spiro atoms. The van der Waals surface area contributed by atoms with Gasteiger partial charge in [0.05, 0.1) is 11.9 Å². The van der Waals surface area contributed by atoms with Gasteiger partial charge in [0.2, 0.25) is 0 Å². The molecular weight excluding hydrogens is 378 g/mol. The van der Waals surface area contributed by atoms with Gasteiger partial charge in [0.15, 0.2) is 0 Å². The van der Waals surface area contributed by atoms with Crippen LogP contribution in [0.4, 0.5) is 5.69 Å². The van der Waals surface area contributed by atoms with Gasteiger partial charge in [-0.15, -0.1) is 0 Å². The van der Waals surface area contributed by atoms with E-state index in [9.17, 15) is 4.79 Å². The Hall–Kier alpha value is -0.840. The Balaban J connectivity index is 1.74. The van der Waals surface area contributed by atoms with Gasteiger partial charge >= 0.3 is 0 Å². The molecule has 0 radical (unpaired) electrons. The van der Waals surface area contributed by atoms with E-state index in [0.29, 0.717) is 34.3 Å². The molecular formula is C20H32BrN3O. The molecule has 1 heterocycles. The van der Waals surface area contributed by atoms with Crippen LogP contribution < -0.4 is 10.9 Å². The first kappa shape index (κ1) is 18.9. The highest BCUT2D eigenvalue weighted by Gasteiger charge is 2.56. The van der Waals surface area contributed by atoms with E-state index in [1.165, 1.54) is 12.8 Å². The summed E-state index contributed by atoms with van der Waals surface area (Å²) in [5.41, 5.74) is 1.30. The molecule has 1 N–H and O–H groups in total. The molecule has 0 aromatic carbocycles. The van der Waals surface area contributed by atoms with Crippen molar-refractivity contribution in [3.63, 3.8) is 0 Å². The summed E-state index contributed by atoms with van der Waals surface area (Å²) in [6.07, 6.45) is 6.52. The van der Waals surface area contributed by atoms with Gasteiger partial charge in [0.1, 0.15) is 4.47 Å². The van der Waals surface area contributed by atoms with Crippen molar-refractivity contribution in [2.45, 2.75) is 72.9 Å². The lowest BCUT2D eigenvalue weighted by Gasteiger charge is -2.62. The fourth-order valence-corrected chi connectivity index (χ4v) is 5.45. The number of nitrogens with zero attached hydrogens (tertiary/aromatic N) is 2. The minimum Gasteiger partial charge on any atom is -0.380 e. The van der Waals surface area contributed by atoms with Gasteiger partial charge in [-0.1, -0.05) is 47.5 Å².